The fraction of sp³-hybridized carbons (Fsp3) is 0.875. The van der Waals surface area contributed by atoms with Crippen LogP contribution >= 0.6 is 0 Å². The lowest BCUT2D eigenvalue weighted by molar-refractivity contribution is -0.138. The number of hydrogen-bond donors (Lipinski definition) is 1. The van der Waals surface area contributed by atoms with Crippen molar-refractivity contribution >= 4 is 11.9 Å². The molecule has 0 spiro atoms. The van der Waals surface area contributed by atoms with Gasteiger partial charge in [-0.05, 0) is 38.5 Å². The third-order valence-electron chi connectivity index (χ3n) is 5.19. The first-order chi connectivity index (χ1) is 10.6. The maximum atomic E-state index is 12.7. The molecular weight excluding hydrogens is 280 g/mol. The van der Waals surface area contributed by atoms with Crippen molar-refractivity contribution in [3.8, 4) is 0 Å². The van der Waals surface area contributed by atoms with Crippen molar-refractivity contribution in [3.05, 3.63) is 0 Å². The summed E-state index contributed by atoms with van der Waals surface area (Å²) < 4.78 is 0. The molecule has 0 aliphatic carbocycles. The number of rotatable bonds is 1. The van der Waals surface area contributed by atoms with Gasteiger partial charge in [0.1, 0.15) is 0 Å². The Kier molecular flexibility index (Phi) is 4.86. The van der Waals surface area contributed by atoms with E-state index in [-0.39, 0.29) is 23.9 Å². The molecule has 3 rings (SSSR count). The maximum Gasteiger partial charge on any atom is 0.320 e. The molecular formula is C16H28N4O2. The molecule has 0 bridgehead atoms. The topological polar surface area (TPSA) is 69.9 Å². The standard InChI is InChI=1S/C16H28N4O2/c17-14-6-4-9-19(12-14)15(21)13-5-3-10-20(11-13)16(22)18-7-1-2-8-18/h13-14H,1-12,17H2. The predicted octanol–water partition coefficient (Wildman–Crippen LogP) is 0.864. The third-order valence-corrected chi connectivity index (χ3v) is 5.19. The van der Waals surface area contributed by atoms with Crippen molar-refractivity contribution in [3.63, 3.8) is 0 Å². The second-order valence-electron chi connectivity index (χ2n) is 6.95. The molecule has 0 radical (unpaired) electrons. The molecule has 2 N–H and O–H groups in total. The van der Waals surface area contributed by atoms with E-state index in [0.29, 0.717) is 13.1 Å². The number of urea groups is 1. The van der Waals surface area contributed by atoms with Crippen LogP contribution in [0.15, 0.2) is 0 Å². The number of carbonyl (C=O) groups is 2. The smallest absolute Gasteiger partial charge is 0.320 e. The highest BCUT2D eigenvalue weighted by Crippen LogP contribution is 2.23. The molecule has 3 aliphatic rings. The number of carbonyl (C=O) groups excluding carboxylic acids is 2. The molecule has 0 aromatic rings. The van der Waals surface area contributed by atoms with E-state index in [4.69, 9.17) is 5.73 Å². The number of nitrogens with zero attached hydrogens (tertiary/aromatic N) is 3. The highest BCUT2D eigenvalue weighted by molar-refractivity contribution is 5.81. The van der Waals surface area contributed by atoms with E-state index in [2.05, 4.69) is 0 Å². The minimum Gasteiger partial charge on any atom is -0.341 e. The van der Waals surface area contributed by atoms with Crippen molar-refractivity contribution in [1.29, 1.82) is 0 Å². The fourth-order valence-corrected chi connectivity index (χ4v) is 3.93. The molecule has 3 fully saturated rings. The first kappa shape index (κ1) is 15.6. The Hall–Kier alpha value is -1.30. The van der Waals surface area contributed by atoms with Crippen molar-refractivity contribution in [2.45, 2.75) is 44.6 Å². The number of hydrogen-bond acceptors (Lipinski definition) is 3. The summed E-state index contributed by atoms with van der Waals surface area (Å²) in [7, 11) is 0. The predicted molar refractivity (Wildman–Crippen MR) is 84.3 cm³/mol. The van der Waals surface area contributed by atoms with E-state index in [1.807, 2.05) is 14.7 Å². The summed E-state index contributed by atoms with van der Waals surface area (Å²) in [5.41, 5.74) is 5.99. The zero-order valence-corrected chi connectivity index (χ0v) is 13.4. The highest BCUT2D eigenvalue weighted by atomic mass is 16.2. The zero-order valence-electron chi connectivity index (χ0n) is 13.4. The first-order valence-electron chi connectivity index (χ1n) is 8.73. The minimum absolute atomic E-state index is 0.0365. The quantitative estimate of drug-likeness (QED) is 0.781. The Labute approximate surface area is 132 Å². The van der Waals surface area contributed by atoms with Gasteiger partial charge in [0.2, 0.25) is 5.91 Å². The summed E-state index contributed by atoms with van der Waals surface area (Å²) in [4.78, 5) is 31.0. The molecule has 3 aliphatic heterocycles. The van der Waals surface area contributed by atoms with Gasteiger partial charge in [-0.2, -0.15) is 0 Å². The fourth-order valence-electron chi connectivity index (χ4n) is 3.93. The van der Waals surface area contributed by atoms with Crippen LogP contribution in [-0.4, -0.2) is 71.9 Å². The number of piperidine rings is 2. The van der Waals surface area contributed by atoms with E-state index >= 15 is 0 Å². The van der Waals surface area contributed by atoms with Crippen LogP contribution in [0.4, 0.5) is 4.79 Å². The Balaban J connectivity index is 1.57. The lowest BCUT2D eigenvalue weighted by Crippen LogP contribution is -2.53. The van der Waals surface area contributed by atoms with E-state index in [1.54, 1.807) is 0 Å². The molecule has 0 saturated carbocycles. The molecule has 3 amide bonds. The summed E-state index contributed by atoms with van der Waals surface area (Å²) >= 11 is 0. The molecule has 6 heteroatoms. The van der Waals surface area contributed by atoms with Gasteiger partial charge in [-0.1, -0.05) is 0 Å². The van der Waals surface area contributed by atoms with E-state index in [9.17, 15) is 9.59 Å². The van der Waals surface area contributed by atoms with E-state index in [1.165, 1.54) is 0 Å². The van der Waals surface area contributed by atoms with Crippen LogP contribution in [-0.2, 0) is 4.79 Å². The number of nitrogens with two attached hydrogens (primary N) is 1. The molecule has 3 heterocycles. The summed E-state index contributed by atoms with van der Waals surface area (Å²) in [6.07, 6.45) is 6.04. The summed E-state index contributed by atoms with van der Waals surface area (Å²) in [6, 6.07) is 0.244. The van der Waals surface area contributed by atoms with Crippen LogP contribution in [0.5, 0.6) is 0 Å². The number of likely N-dealkylation sites (tertiary alicyclic amines) is 3. The molecule has 3 saturated heterocycles. The van der Waals surface area contributed by atoms with Crippen molar-refractivity contribution in [1.82, 2.24) is 14.7 Å². The molecule has 22 heavy (non-hydrogen) atoms. The zero-order chi connectivity index (χ0) is 15.5. The van der Waals surface area contributed by atoms with E-state index in [0.717, 1.165) is 64.7 Å². The summed E-state index contributed by atoms with van der Waals surface area (Å²) in [6.45, 7) is 4.61. The van der Waals surface area contributed by atoms with Crippen LogP contribution in [0.3, 0.4) is 0 Å². The minimum atomic E-state index is -0.0365. The van der Waals surface area contributed by atoms with Crippen LogP contribution in [0.2, 0.25) is 0 Å². The summed E-state index contributed by atoms with van der Waals surface area (Å²) in [5, 5.41) is 0. The van der Waals surface area contributed by atoms with Gasteiger partial charge in [0.05, 0.1) is 5.92 Å². The van der Waals surface area contributed by atoms with Crippen LogP contribution in [0.1, 0.15) is 38.5 Å². The van der Waals surface area contributed by atoms with Gasteiger partial charge in [0.25, 0.3) is 0 Å². The highest BCUT2D eigenvalue weighted by Gasteiger charge is 2.34. The monoisotopic (exact) mass is 308 g/mol. The van der Waals surface area contributed by atoms with Gasteiger partial charge in [0.15, 0.2) is 0 Å². The lowest BCUT2D eigenvalue weighted by atomic mass is 9.95. The van der Waals surface area contributed by atoms with Gasteiger partial charge in [-0.3, -0.25) is 4.79 Å². The SMILES string of the molecule is NC1CCCN(C(=O)C2CCCN(C(=O)N3CCCC3)C2)C1. The van der Waals surface area contributed by atoms with Gasteiger partial charge in [0, 0.05) is 45.3 Å². The van der Waals surface area contributed by atoms with Crippen molar-refractivity contribution in [2.75, 3.05) is 39.3 Å². The van der Waals surface area contributed by atoms with E-state index < -0.39 is 0 Å². The Morgan fingerprint density at radius 2 is 1.41 bits per heavy atom. The van der Waals surface area contributed by atoms with Crippen molar-refractivity contribution < 1.29 is 9.59 Å². The molecule has 124 valence electrons. The third kappa shape index (κ3) is 3.37. The normalized spacial score (nSPS) is 29.8. The lowest BCUT2D eigenvalue weighted by Gasteiger charge is -2.38. The molecule has 0 aromatic carbocycles. The van der Waals surface area contributed by atoms with Crippen LogP contribution in [0.25, 0.3) is 0 Å². The second-order valence-corrected chi connectivity index (χ2v) is 6.95. The van der Waals surface area contributed by atoms with Crippen LogP contribution < -0.4 is 5.73 Å². The van der Waals surface area contributed by atoms with Crippen molar-refractivity contribution in [2.24, 2.45) is 11.7 Å². The molecule has 0 aromatic heterocycles. The molecule has 6 nitrogen and oxygen atoms in total. The maximum absolute atomic E-state index is 12.7. The van der Waals surface area contributed by atoms with Gasteiger partial charge < -0.3 is 20.4 Å². The first-order valence-corrected chi connectivity index (χ1v) is 8.73. The van der Waals surface area contributed by atoms with Gasteiger partial charge >= 0.3 is 6.03 Å². The Bertz CT molecular complexity index is 422. The average molecular weight is 308 g/mol. The van der Waals surface area contributed by atoms with Crippen LogP contribution in [0, 0.1) is 5.92 Å². The van der Waals surface area contributed by atoms with Gasteiger partial charge in [-0.25, -0.2) is 4.79 Å². The Morgan fingerprint density at radius 3 is 2.14 bits per heavy atom. The second kappa shape index (κ2) is 6.86. The summed E-state index contributed by atoms with van der Waals surface area (Å²) in [5.74, 6) is 0.166. The van der Waals surface area contributed by atoms with Gasteiger partial charge in [-0.15, -0.1) is 0 Å². The molecule has 2 atom stereocenters. The molecule has 2 unspecified atom stereocenters. The number of amides is 3. The average Bonchev–Trinajstić information content (AvgIpc) is 3.08. The largest absolute Gasteiger partial charge is 0.341 e. The Morgan fingerprint density at radius 1 is 0.773 bits per heavy atom.